The van der Waals surface area contributed by atoms with E-state index in [-0.39, 0.29) is 5.91 Å². The van der Waals surface area contributed by atoms with Crippen LogP contribution in [0.2, 0.25) is 0 Å². The molecule has 0 atom stereocenters. The molecule has 0 fully saturated rings. The fraction of sp³-hybridized carbons (Fsp3) is 0.316. The molecule has 0 unspecified atom stereocenters. The molecule has 2 aromatic carbocycles. The smallest absolute Gasteiger partial charge is 0.255 e. The van der Waals surface area contributed by atoms with Crippen LogP contribution < -0.4 is 19.5 Å². The molecule has 1 N–H and O–H groups in total. The Morgan fingerprint density at radius 1 is 1.12 bits per heavy atom. The van der Waals surface area contributed by atoms with E-state index in [1.807, 2.05) is 6.92 Å². The second kappa shape index (κ2) is 7.90. The Hall–Kier alpha value is -2.73. The zero-order valence-corrected chi connectivity index (χ0v) is 14.3. The number of anilines is 1. The maximum atomic E-state index is 12.5. The molecule has 1 aliphatic heterocycles. The molecule has 0 saturated carbocycles. The summed E-state index contributed by atoms with van der Waals surface area (Å²) in [5.41, 5.74) is 2.01. The number of carbonyl (C=O) groups excluding carboxylic acids is 1. The van der Waals surface area contributed by atoms with Crippen LogP contribution in [0.1, 0.15) is 22.8 Å². The van der Waals surface area contributed by atoms with Crippen LogP contribution >= 0.6 is 0 Å². The zero-order chi connectivity index (χ0) is 17.6. The molecular weight excluding hydrogens is 322 g/mol. The van der Waals surface area contributed by atoms with Crippen LogP contribution in [-0.2, 0) is 11.3 Å². The first-order valence-electron chi connectivity index (χ1n) is 8.17. The van der Waals surface area contributed by atoms with Crippen LogP contribution in [0.4, 0.5) is 5.69 Å². The van der Waals surface area contributed by atoms with E-state index < -0.39 is 0 Å². The molecule has 1 aliphatic rings. The lowest BCUT2D eigenvalue weighted by Crippen LogP contribution is -2.16. The van der Waals surface area contributed by atoms with Crippen LogP contribution in [0.5, 0.6) is 17.2 Å². The molecule has 0 saturated heterocycles. The molecule has 132 valence electrons. The Labute approximate surface area is 146 Å². The minimum absolute atomic E-state index is 0.211. The fourth-order valence-electron chi connectivity index (χ4n) is 2.61. The second-order valence-corrected chi connectivity index (χ2v) is 5.50. The number of ether oxygens (including phenoxy) is 4. The van der Waals surface area contributed by atoms with Gasteiger partial charge in [-0.15, -0.1) is 0 Å². The molecule has 0 bridgehead atoms. The minimum atomic E-state index is -0.211. The molecule has 0 aliphatic carbocycles. The number of benzene rings is 2. The van der Waals surface area contributed by atoms with Gasteiger partial charge in [0, 0.05) is 30.0 Å². The maximum Gasteiger partial charge on any atom is 0.255 e. The van der Waals surface area contributed by atoms with Crippen molar-refractivity contribution in [3.8, 4) is 17.2 Å². The summed E-state index contributed by atoms with van der Waals surface area (Å²) in [5, 5.41) is 2.87. The van der Waals surface area contributed by atoms with Gasteiger partial charge in [-0.25, -0.2) is 0 Å². The predicted octanol–water partition coefficient (Wildman–Crippen LogP) is 3.26. The topological polar surface area (TPSA) is 66.0 Å². The number of amides is 1. The van der Waals surface area contributed by atoms with Crippen molar-refractivity contribution in [1.82, 2.24) is 0 Å². The lowest BCUT2D eigenvalue weighted by atomic mass is 10.1. The maximum absolute atomic E-state index is 12.5. The van der Waals surface area contributed by atoms with Crippen molar-refractivity contribution in [1.29, 1.82) is 0 Å². The average molecular weight is 343 g/mol. The largest absolute Gasteiger partial charge is 0.494 e. The van der Waals surface area contributed by atoms with E-state index in [1.54, 1.807) is 43.5 Å². The third-order valence-electron chi connectivity index (χ3n) is 3.72. The summed E-state index contributed by atoms with van der Waals surface area (Å²) in [6, 6.07) is 10.6. The summed E-state index contributed by atoms with van der Waals surface area (Å²) in [5.74, 6) is 1.83. The van der Waals surface area contributed by atoms with Gasteiger partial charge >= 0.3 is 0 Å². The standard InChI is InChI=1S/C19H21NO5/c1-3-23-16-6-4-13(10-14(16)12-22-2)19(21)20-15-5-7-17-18(11-15)25-9-8-24-17/h4-7,10-11H,3,8-9,12H2,1-2H3,(H,20,21). The molecule has 0 spiro atoms. The second-order valence-electron chi connectivity index (χ2n) is 5.50. The van der Waals surface area contributed by atoms with E-state index in [0.29, 0.717) is 49.2 Å². The van der Waals surface area contributed by atoms with E-state index in [4.69, 9.17) is 18.9 Å². The van der Waals surface area contributed by atoms with Crippen molar-refractivity contribution in [2.24, 2.45) is 0 Å². The highest BCUT2D eigenvalue weighted by Gasteiger charge is 2.14. The van der Waals surface area contributed by atoms with Gasteiger partial charge in [-0.1, -0.05) is 0 Å². The van der Waals surface area contributed by atoms with Gasteiger partial charge in [0.05, 0.1) is 13.2 Å². The summed E-state index contributed by atoms with van der Waals surface area (Å²) in [6.45, 7) is 3.88. The number of nitrogens with one attached hydrogen (secondary N) is 1. The Morgan fingerprint density at radius 3 is 2.68 bits per heavy atom. The van der Waals surface area contributed by atoms with Gasteiger partial charge in [0.2, 0.25) is 0 Å². The molecular formula is C19H21NO5. The van der Waals surface area contributed by atoms with Gasteiger partial charge in [0.25, 0.3) is 5.91 Å². The Balaban J connectivity index is 1.77. The van der Waals surface area contributed by atoms with Gasteiger partial charge in [-0.2, -0.15) is 0 Å². The molecule has 0 aromatic heterocycles. The number of hydrogen-bond donors (Lipinski definition) is 1. The van der Waals surface area contributed by atoms with Gasteiger partial charge in [-0.3, -0.25) is 4.79 Å². The molecule has 3 rings (SSSR count). The summed E-state index contributed by atoms with van der Waals surface area (Å²) in [6.07, 6.45) is 0. The number of rotatable bonds is 6. The van der Waals surface area contributed by atoms with E-state index in [9.17, 15) is 4.79 Å². The Kier molecular flexibility index (Phi) is 5.40. The Bertz CT molecular complexity index is 759. The molecule has 1 heterocycles. The number of hydrogen-bond acceptors (Lipinski definition) is 5. The van der Waals surface area contributed by atoms with E-state index in [0.717, 1.165) is 11.3 Å². The number of fused-ring (bicyclic) bond motifs is 1. The Morgan fingerprint density at radius 2 is 1.92 bits per heavy atom. The minimum Gasteiger partial charge on any atom is -0.494 e. The van der Waals surface area contributed by atoms with E-state index in [1.165, 1.54) is 0 Å². The summed E-state index contributed by atoms with van der Waals surface area (Å²) < 4.78 is 21.8. The van der Waals surface area contributed by atoms with Crippen molar-refractivity contribution in [2.45, 2.75) is 13.5 Å². The first-order valence-corrected chi connectivity index (χ1v) is 8.17. The zero-order valence-electron chi connectivity index (χ0n) is 14.3. The highest BCUT2D eigenvalue weighted by atomic mass is 16.6. The van der Waals surface area contributed by atoms with Gasteiger partial charge in [0.15, 0.2) is 11.5 Å². The highest BCUT2D eigenvalue weighted by Crippen LogP contribution is 2.32. The van der Waals surface area contributed by atoms with Crippen molar-refractivity contribution in [2.75, 3.05) is 32.2 Å². The fourth-order valence-corrected chi connectivity index (χ4v) is 2.61. The van der Waals surface area contributed by atoms with Crippen molar-refractivity contribution < 1.29 is 23.7 Å². The van der Waals surface area contributed by atoms with Gasteiger partial charge in [-0.05, 0) is 37.3 Å². The van der Waals surface area contributed by atoms with Crippen molar-refractivity contribution in [3.05, 3.63) is 47.5 Å². The molecule has 25 heavy (non-hydrogen) atoms. The first-order chi connectivity index (χ1) is 12.2. The lowest BCUT2D eigenvalue weighted by Gasteiger charge is -2.19. The quantitative estimate of drug-likeness (QED) is 0.872. The van der Waals surface area contributed by atoms with Crippen LogP contribution in [0.25, 0.3) is 0 Å². The van der Waals surface area contributed by atoms with Crippen LogP contribution in [0.3, 0.4) is 0 Å². The van der Waals surface area contributed by atoms with Crippen molar-refractivity contribution in [3.63, 3.8) is 0 Å². The van der Waals surface area contributed by atoms with Crippen LogP contribution in [-0.4, -0.2) is 32.8 Å². The first kappa shape index (κ1) is 17.1. The highest BCUT2D eigenvalue weighted by molar-refractivity contribution is 6.04. The third-order valence-corrected chi connectivity index (χ3v) is 3.72. The average Bonchev–Trinajstić information content (AvgIpc) is 2.63. The predicted molar refractivity (Wildman–Crippen MR) is 93.7 cm³/mol. The molecule has 0 radical (unpaired) electrons. The third kappa shape index (κ3) is 4.03. The summed E-state index contributed by atoms with van der Waals surface area (Å²) in [4.78, 5) is 12.5. The molecule has 6 heteroatoms. The van der Waals surface area contributed by atoms with Crippen molar-refractivity contribution >= 4 is 11.6 Å². The van der Waals surface area contributed by atoms with Gasteiger partial charge < -0.3 is 24.3 Å². The number of methoxy groups -OCH3 is 1. The molecule has 6 nitrogen and oxygen atoms in total. The monoisotopic (exact) mass is 343 g/mol. The van der Waals surface area contributed by atoms with Crippen LogP contribution in [0, 0.1) is 0 Å². The van der Waals surface area contributed by atoms with Crippen LogP contribution in [0.15, 0.2) is 36.4 Å². The van der Waals surface area contributed by atoms with E-state index >= 15 is 0 Å². The lowest BCUT2D eigenvalue weighted by molar-refractivity contribution is 0.102. The number of carbonyl (C=O) groups is 1. The molecule has 1 amide bonds. The normalized spacial score (nSPS) is 12.6. The summed E-state index contributed by atoms with van der Waals surface area (Å²) >= 11 is 0. The SMILES string of the molecule is CCOc1ccc(C(=O)Nc2ccc3c(c2)OCCO3)cc1COC. The summed E-state index contributed by atoms with van der Waals surface area (Å²) in [7, 11) is 1.61. The van der Waals surface area contributed by atoms with E-state index in [2.05, 4.69) is 5.32 Å². The molecule has 2 aromatic rings. The van der Waals surface area contributed by atoms with Gasteiger partial charge in [0.1, 0.15) is 19.0 Å².